The van der Waals surface area contributed by atoms with E-state index in [9.17, 15) is 20.1 Å². The number of carboxylic acid groups (broad SMARTS) is 1. The van der Waals surface area contributed by atoms with Gasteiger partial charge in [-0.3, -0.25) is 4.79 Å². The van der Waals surface area contributed by atoms with Gasteiger partial charge in [0.15, 0.2) is 0 Å². The number of aliphatic carboxylic acids is 1. The lowest BCUT2D eigenvalue weighted by Crippen LogP contribution is -2.58. The van der Waals surface area contributed by atoms with E-state index in [-0.39, 0.29) is 47.4 Å². The van der Waals surface area contributed by atoms with Gasteiger partial charge in [0.1, 0.15) is 0 Å². The molecule has 11 atom stereocenters. The van der Waals surface area contributed by atoms with Crippen LogP contribution >= 0.6 is 0 Å². The summed E-state index contributed by atoms with van der Waals surface area (Å²) >= 11 is 0. The maximum Gasteiger partial charge on any atom is 0.303 e. The molecule has 4 fully saturated rings. The third-order valence-corrected chi connectivity index (χ3v) is 10.7. The van der Waals surface area contributed by atoms with Crippen LogP contribution in [0.5, 0.6) is 0 Å². The highest BCUT2D eigenvalue weighted by Gasteiger charge is 2.64. The molecule has 0 spiro atoms. The largest absolute Gasteiger partial charge is 0.481 e. The Bertz CT molecular complexity index is 666. The first-order chi connectivity index (χ1) is 14.6. The number of carboxylic acids is 1. The predicted octanol–water partition coefficient (Wildman–Crippen LogP) is 4.23. The normalized spacial score (nSPS) is 50.3. The van der Waals surface area contributed by atoms with Gasteiger partial charge in [-0.2, -0.15) is 0 Å². The summed E-state index contributed by atoms with van der Waals surface area (Å²) in [7, 11) is 0. The molecule has 0 aliphatic heterocycles. The van der Waals surface area contributed by atoms with Crippen LogP contribution in [0.2, 0.25) is 0 Å². The van der Waals surface area contributed by atoms with Crippen molar-refractivity contribution in [3.05, 3.63) is 0 Å². The van der Waals surface area contributed by atoms with Crippen molar-refractivity contribution in [3.63, 3.8) is 0 Å². The number of rotatable bonds is 6. The summed E-state index contributed by atoms with van der Waals surface area (Å²) in [4.78, 5) is 10.8. The average Bonchev–Trinajstić information content (AvgIpc) is 2.96. The minimum Gasteiger partial charge on any atom is -0.481 e. The van der Waals surface area contributed by atoms with Gasteiger partial charge in [-0.25, -0.2) is 0 Å². The molecule has 4 aliphatic rings. The Morgan fingerprint density at radius 3 is 2.35 bits per heavy atom. The summed E-state index contributed by atoms with van der Waals surface area (Å²) in [5.74, 6) is 1.38. The average molecular weight is 437 g/mol. The van der Waals surface area contributed by atoms with Crippen molar-refractivity contribution >= 4 is 5.97 Å². The van der Waals surface area contributed by atoms with Crippen LogP contribution in [0.4, 0.5) is 0 Å². The van der Waals surface area contributed by atoms with Gasteiger partial charge in [0, 0.05) is 6.42 Å². The minimum atomic E-state index is -0.729. The van der Waals surface area contributed by atoms with Crippen LogP contribution in [0, 0.1) is 46.3 Å². The molecule has 5 heteroatoms. The van der Waals surface area contributed by atoms with Crippen LogP contribution in [-0.2, 0) is 4.79 Å². The third-order valence-electron chi connectivity index (χ3n) is 10.7. The molecular formula is C26H44O5. The number of carbonyl (C=O) groups is 1. The Hall–Kier alpha value is -0.650. The fourth-order valence-electron chi connectivity index (χ4n) is 9.21. The summed E-state index contributed by atoms with van der Waals surface area (Å²) < 4.78 is 0. The van der Waals surface area contributed by atoms with E-state index in [0.29, 0.717) is 30.1 Å². The molecular weight excluding hydrogens is 392 g/mol. The maximum absolute atomic E-state index is 11.3. The monoisotopic (exact) mass is 436 g/mol. The first kappa shape index (κ1) is 23.5. The zero-order valence-electron chi connectivity index (χ0n) is 19.7. The molecule has 4 N–H and O–H groups in total. The SMILES string of the molecule is C[C@H](CCCCC(=O)O)[C@H]1[C@H](O)C[C@H]2[C@@H]3[C@H](O)C[C@@H]4C[C@H](O)CC[C@]4(C)[C@H]3CC[C@]12C. The molecule has 0 aromatic carbocycles. The van der Waals surface area contributed by atoms with Gasteiger partial charge >= 0.3 is 5.97 Å². The van der Waals surface area contributed by atoms with Crippen molar-refractivity contribution in [3.8, 4) is 0 Å². The van der Waals surface area contributed by atoms with E-state index < -0.39 is 5.97 Å². The molecule has 31 heavy (non-hydrogen) atoms. The van der Waals surface area contributed by atoms with Gasteiger partial charge in [0.25, 0.3) is 0 Å². The van der Waals surface area contributed by atoms with E-state index in [2.05, 4.69) is 20.8 Å². The second-order valence-corrected chi connectivity index (χ2v) is 12.2. The van der Waals surface area contributed by atoms with Crippen LogP contribution < -0.4 is 0 Å². The number of aliphatic hydroxyl groups is 3. The Morgan fingerprint density at radius 2 is 1.65 bits per heavy atom. The van der Waals surface area contributed by atoms with Gasteiger partial charge in [-0.05, 0) is 97.7 Å². The number of hydrogen-bond donors (Lipinski definition) is 4. The summed E-state index contributed by atoms with van der Waals surface area (Å²) in [6.45, 7) is 7.03. The number of unbranched alkanes of at least 4 members (excludes halogenated alkanes) is 1. The molecule has 0 amide bonds. The molecule has 0 unspecified atom stereocenters. The van der Waals surface area contributed by atoms with Crippen LogP contribution in [0.3, 0.4) is 0 Å². The lowest BCUT2D eigenvalue weighted by molar-refractivity contribution is -0.174. The number of aliphatic hydroxyl groups excluding tert-OH is 3. The molecule has 0 aromatic rings. The van der Waals surface area contributed by atoms with E-state index >= 15 is 0 Å². The Morgan fingerprint density at radius 1 is 0.935 bits per heavy atom. The van der Waals surface area contributed by atoms with E-state index in [1.54, 1.807) is 0 Å². The van der Waals surface area contributed by atoms with Crippen LogP contribution in [0.1, 0.15) is 91.4 Å². The zero-order valence-corrected chi connectivity index (χ0v) is 19.7. The molecule has 5 nitrogen and oxygen atoms in total. The van der Waals surface area contributed by atoms with E-state index in [1.165, 1.54) is 0 Å². The van der Waals surface area contributed by atoms with Crippen molar-refractivity contribution in [2.75, 3.05) is 0 Å². The first-order valence-electron chi connectivity index (χ1n) is 12.8. The number of hydrogen-bond acceptors (Lipinski definition) is 4. The minimum absolute atomic E-state index is 0.0468. The Kier molecular flexibility index (Phi) is 6.53. The van der Waals surface area contributed by atoms with E-state index in [0.717, 1.165) is 57.8 Å². The molecule has 0 saturated heterocycles. The lowest BCUT2D eigenvalue weighted by Gasteiger charge is -2.62. The van der Waals surface area contributed by atoms with Crippen LogP contribution in [0.25, 0.3) is 0 Å². The summed E-state index contributed by atoms with van der Waals surface area (Å²) in [5, 5.41) is 41.7. The molecule has 0 aromatic heterocycles. The predicted molar refractivity (Wildman–Crippen MR) is 119 cm³/mol. The van der Waals surface area contributed by atoms with Gasteiger partial charge in [-0.15, -0.1) is 0 Å². The Balaban J connectivity index is 1.51. The van der Waals surface area contributed by atoms with Crippen molar-refractivity contribution in [1.82, 2.24) is 0 Å². The van der Waals surface area contributed by atoms with Gasteiger partial charge < -0.3 is 20.4 Å². The highest BCUT2D eigenvalue weighted by molar-refractivity contribution is 5.66. The topological polar surface area (TPSA) is 98.0 Å². The fraction of sp³-hybridized carbons (Fsp3) is 0.962. The van der Waals surface area contributed by atoms with E-state index in [4.69, 9.17) is 5.11 Å². The van der Waals surface area contributed by atoms with Gasteiger partial charge in [0.2, 0.25) is 0 Å². The standard InChI is InChI=1S/C26H44O5/c1-15(6-4-5-7-22(30)31)24-21(29)14-19-23-18(9-11-26(19,24)3)25(2)10-8-17(27)12-16(25)13-20(23)28/h15-21,23-24,27-29H,4-14H2,1-3H3,(H,30,31)/t15-,16+,17-,18+,19+,20-,21-,23-,24+,25+,26+/m1/s1. The summed E-state index contributed by atoms with van der Waals surface area (Å²) in [6, 6.07) is 0. The quantitative estimate of drug-likeness (QED) is 0.467. The fourth-order valence-corrected chi connectivity index (χ4v) is 9.21. The van der Waals surface area contributed by atoms with Gasteiger partial charge in [-0.1, -0.05) is 33.6 Å². The maximum atomic E-state index is 11.3. The molecule has 0 heterocycles. The second-order valence-electron chi connectivity index (χ2n) is 12.2. The number of fused-ring (bicyclic) bond motifs is 5. The van der Waals surface area contributed by atoms with Crippen molar-refractivity contribution in [2.24, 2.45) is 46.3 Å². The lowest BCUT2D eigenvalue weighted by atomic mass is 9.43. The molecule has 4 rings (SSSR count). The van der Waals surface area contributed by atoms with Crippen molar-refractivity contribution < 1.29 is 25.2 Å². The molecule has 0 bridgehead atoms. The Labute approximate surface area is 187 Å². The van der Waals surface area contributed by atoms with Crippen LogP contribution in [0.15, 0.2) is 0 Å². The second kappa shape index (κ2) is 8.61. The molecule has 4 aliphatic carbocycles. The smallest absolute Gasteiger partial charge is 0.303 e. The molecule has 4 saturated carbocycles. The van der Waals surface area contributed by atoms with Crippen molar-refractivity contribution in [2.45, 2.75) is 110 Å². The van der Waals surface area contributed by atoms with Gasteiger partial charge in [0.05, 0.1) is 18.3 Å². The molecule has 178 valence electrons. The van der Waals surface area contributed by atoms with E-state index in [1.807, 2.05) is 0 Å². The molecule has 0 radical (unpaired) electrons. The first-order valence-corrected chi connectivity index (χ1v) is 12.8. The highest BCUT2D eigenvalue weighted by Crippen LogP contribution is 2.68. The highest BCUT2D eigenvalue weighted by atomic mass is 16.4. The summed E-state index contributed by atoms with van der Waals surface area (Å²) in [6.07, 6.45) is 8.52. The third kappa shape index (κ3) is 3.97. The summed E-state index contributed by atoms with van der Waals surface area (Å²) in [5.41, 5.74) is 0.251. The van der Waals surface area contributed by atoms with Crippen molar-refractivity contribution in [1.29, 1.82) is 0 Å². The van der Waals surface area contributed by atoms with Crippen LogP contribution in [-0.4, -0.2) is 44.7 Å². The zero-order chi connectivity index (χ0) is 22.6.